The fourth-order valence-corrected chi connectivity index (χ4v) is 3.48. The SMILES string of the molecule is C=CC[C@]1(C)C(CCCC)=C(C)C(=O)C[C@H]1C(=C)C. The third kappa shape index (κ3) is 3.08. The van der Waals surface area contributed by atoms with E-state index in [9.17, 15) is 4.79 Å². The fourth-order valence-electron chi connectivity index (χ4n) is 3.48. The van der Waals surface area contributed by atoms with Crippen molar-refractivity contribution in [1.82, 2.24) is 0 Å². The van der Waals surface area contributed by atoms with E-state index in [1.165, 1.54) is 5.57 Å². The first-order valence-electron chi connectivity index (χ1n) is 7.38. The Morgan fingerprint density at radius 3 is 2.63 bits per heavy atom. The number of ketones is 1. The predicted octanol–water partition coefficient (Wildman–Crippen LogP) is 5.24. The number of rotatable bonds is 6. The molecule has 2 atom stereocenters. The Morgan fingerprint density at radius 2 is 2.16 bits per heavy atom. The highest BCUT2D eigenvalue weighted by Gasteiger charge is 2.42. The highest BCUT2D eigenvalue weighted by atomic mass is 16.1. The molecule has 0 heterocycles. The summed E-state index contributed by atoms with van der Waals surface area (Å²) in [5, 5.41) is 0. The molecular weight excluding hydrogens is 232 g/mol. The molecule has 0 aromatic rings. The van der Waals surface area contributed by atoms with Crippen LogP contribution >= 0.6 is 0 Å². The van der Waals surface area contributed by atoms with Crippen LogP contribution in [0.1, 0.15) is 59.8 Å². The van der Waals surface area contributed by atoms with E-state index >= 15 is 0 Å². The van der Waals surface area contributed by atoms with Gasteiger partial charge in [0.15, 0.2) is 5.78 Å². The molecule has 0 aromatic carbocycles. The summed E-state index contributed by atoms with van der Waals surface area (Å²) in [6.45, 7) is 16.6. The third-order valence-corrected chi connectivity index (χ3v) is 4.66. The molecule has 0 aromatic heterocycles. The van der Waals surface area contributed by atoms with Crippen LogP contribution in [0, 0.1) is 11.3 Å². The van der Waals surface area contributed by atoms with Crippen molar-refractivity contribution in [1.29, 1.82) is 0 Å². The van der Waals surface area contributed by atoms with Crippen molar-refractivity contribution in [2.75, 3.05) is 0 Å². The van der Waals surface area contributed by atoms with Crippen LogP contribution in [0.3, 0.4) is 0 Å². The molecule has 19 heavy (non-hydrogen) atoms. The molecule has 0 spiro atoms. The summed E-state index contributed by atoms with van der Waals surface area (Å²) >= 11 is 0. The number of Topliss-reactive ketones (excluding diaryl/α,β-unsaturated/α-hetero) is 1. The zero-order valence-corrected chi connectivity index (χ0v) is 13.0. The molecule has 0 N–H and O–H groups in total. The van der Waals surface area contributed by atoms with Gasteiger partial charge in [0.2, 0.25) is 0 Å². The first-order valence-corrected chi connectivity index (χ1v) is 7.38. The number of unbranched alkanes of at least 4 members (excludes halogenated alkanes) is 1. The average Bonchev–Trinajstić information content (AvgIpc) is 2.34. The molecule has 0 amide bonds. The lowest BCUT2D eigenvalue weighted by Gasteiger charge is -2.44. The minimum Gasteiger partial charge on any atom is -0.295 e. The van der Waals surface area contributed by atoms with Gasteiger partial charge in [-0.3, -0.25) is 4.79 Å². The van der Waals surface area contributed by atoms with E-state index in [0.29, 0.717) is 12.2 Å². The van der Waals surface area contributed by atoms with Gasteiger partial charge in [-0.1, -0.05) is 44.1 Å². The van der Waals surface area contributed by atoms with E-state index in [1.54, 1.807) is 0 Å². The molecule has 0 radical (unpaired) electrons. The molecular formula is C18H28O. The average molecular weight is 260 g/mol. The summed E-state index contributed by atoms with van der Waals surface area (Å²) in [5.41, 5.74) is 3.49. The quantitative estimate of drug-likeness (QED) is 0.597. The van der Waals surface area contributed by atoms with Crippen molar-refractivity contribution in [2.45, 2.75) is 59.8 Å². The van der Waals surface area contributed by atoms with E-state index in [-0.39, 0.29) is 11.3 Å². The lowest BCUT2D eigenvalue weighted by molar-refractivity contribution is -0.117. The largest absolute Gasteiger partial charge is 0.295 e. The van der Waals surface area contributed by atoms with Gasteiger partial charge in [0.25, 0.3) is 0 Å². The Bertz CT molecular complexity index is 413. The van der Waals surface area contributed by atoms with Crippen molar-refractivity contribution in [3.8, 4) is 0 Å². The van der Waals surface area contributed by atoms with Crippen LogP contribution in [0.25, 0.3) is 0 Å². The maximum Gasteiger partial charge on any atom is 0.159 e. The molecule has 1 rings (SSSR count). The number of carbonyl (C=O) groups excluding carboxylic acids is 1. The molecule has 1 heteroatoms. The van der Waals surface area contributed by atoms with Crippen LogP contribution in [0.15, 0.2) is 36.0 Å². The number of carbonyl (C=O) groups is 1. The summed E-state index contributed by atoms with van der Waals surface area (Å²) in [6.07, 6.45) is 6.87. The fraction of sp³-hybridized carbons (Fsp3) is 0.611. The molecule has 1 nitrogen and oxygen atoms in total. The summed E-state index contributed by atoms with van der Waals surface area (Å²) in [4.78, 5) is 12.2. The van der Waals surface area contributed by atoms with Crippen LogP contribution in [-0.2, 0) is 4.79 Å². The zero-order chi connectivity index (χ0) is 14.6. The van der Waals surface area contributed by atoms with Crippen molar-refractivity contribution in [3.63, 3.8) is 0 Å². The van der Waals surface area contributed by atoms with Crippen LogP contribution in [0.2, 0.25) is 0 Å². The van der Waals surface area contributed by atoms with Gasteiger partial charge in [-0.05, 0) is 50.0 Å². The highest BCUT2D eigenvalue weighted by molar-refractivity contribution is 5.97. The normalized spacial score (nSPS) is 27.6. The van der Waals surface area contributed by atoms with E-state index < -0.39 is 0 Å². The number of hydrogen-bond acceptors (Lipinski definition) is 1. The van der Waals surface area contributed by atoms with Crippen molar-refractivity contribution >= 4 is 5.78 Å². The van der Waals surface area contributed by atoms with Gasteiger partial charge in [0.05, 0.1) is 0 Å². The van der Waals surface area contributed by atoms with Crippen molar-refractivity contribution in [2.24, 2.45) is 11.3 Å². The second-order valence-electron chi connectivity index (χ2n) is 6.14. The van der Waals surface area contributed by atoms with E-state index in [1.807, 2.05) is 13.0 Å². The first-order chi connectivity index (χ1) is 8.88. The van der Waals surface area contributed by atoms with Gasteiger partial charge in [0, 0.05) is 6.42 Å². The van der Waals surface area contributed by atoms with Gasteiger partial charge in [-0.15, -0.1) is 6.58 Å². The first kappa shape index (κ1) is 15.9. The predicted molar refractivity (Wildman–Crippen MR) is 83.1 cm³/mol. The van der Waals surface area contributed by atoms with Crippen LogP contribution in [0.5, 0.6) is 0 Å². The Morgan fingerprint density at radius 1 is 1.53 bits per heavy atom. The standard InChI is InChI=1S/C18H28O/c1-7-9-10-15-14(5)17(19)12-16(13(3)4)18(15,6)11-8-2/h8,16H,2-3,7,9-12H2,1,4-6H3/t16-,18+/m0/s1. The van der Waals surface area contributed by atoms with Crippen molar-refractivity contribution in [3.05, 3.63) is 36.0 Å². The van der Waals surface area contributed by atoms with Gasteiger partial charge in [-0.25, -0.2) is 0 Å². The third-order valence-electron chi connectivity index (χ3n) is 4.66. The Labute approximate surface area is 118 Å². The molecule has 0 fully saturated rings. The van der Waals surface area contributed by atoms with Crippen LogP contribution in [0.4, 0.5) is 0 Å². The minimum atomic E-state index is 0.0285. The van der Waals surface area contributed by atoms with Gasteiger partial charge in [-0.2, -0.15) is 0 Å². The lowest BCUT2D eigenvalue weighted by atomic mass is 9.59. The number of hydrogen-bond donors (Lipinski definition) is 0. The second-order valence-corrected chi connectivity index (χ2v) is 6.14. The zero-order valence-electron chi connectivity index (χ0n) is 13.0. The van der Waals surface area contributed by atoms with E-state index in [2.05, 4.69) is 33.9 Å². The molecule has 0 aliphatic heterocycles. The maximum atomic E-state index is 12.2. The summed E-state index contributed by atoms with van der Waals surface area (Å²) in [5.74, 6) is 0.564. The molecule has 0 unspecified atom stereocenters. The summed E-state index contributed by atoms with van der Waals surface area (Å²) in [7, 11) is 0. The Balaban J connectivity index is 3.29. The molecule has 0 saturated heterocycles. The molecule has 106 valence electrons. The maximum absolute atomic E-state index is 12.2. The molecule has 0 saturated carbocycles. The Kier molecular flexibility index (Phi) is 5.34. The Hall–Kier alpha value is -1.11. The van der Waals surface area contributed by atoms with Crippen molar-refractivity contribution < 1.29 is 4.79 Å². The monoisotopic (exact) mass is 260 g/mol. The number of allylic oxidation sites excluding steroid dienone is 4. The van der Waals surface area contributed by atoms with Crippen LogP contribution in [-0.4, -0.2) is 5.78 Å². The smallest absolute Gasteiger partial charge is 0.159 e. The molecule has 1 aliphatic rings. The van der Waals surface area contributed by atoms with Gasteiger partial charge >= 0.3 is 0 Å². The van der Waals surface area contributed by atoms with E-state index in [0.717, 1.165) is 36.8 Å². The summed E-state index contributed by atoms with van der Waals surface area (Å²) in [6, 6.07) is 0. The molecule has 0 bridgehead atoms. The van der Waals surface area contributed by atoms with Gasteiger partial charge < -0.3 is 0 Å². The minimum absolute atomic E-state index is 0.0285. The highest BCUT2D eigenvalue weighted by Crippen LogP contribution is 2.50. The summed E-state index contributed by atoms with van der Waals surface area (Å²) < 4.78 is 0. The van der Waals surface area contributed by atoms with Crippen LogP contribution < -0.4 is 0 Å². The lowest BCUT2D eigenvalue weighted by Crippen LogP contribution is -2.37. The topological polar surface area (TPSA) is 17.1 Å². The second kappa shape index (κ2) is 6.36. The molecule has 1 aliphatic carbocycles. The van der Waals surface area contributed by atoms with Gasteiger partial charge in [0.1, 0.15) is 0 Å². The van der Waals surface area contributed by atoms with E-state index in [4.69, 9.17) is 0 Å².